The number of carbonyl (C=O) groups is 2. The molecule has 0 aliphatic rings. The third-order valence-electron chi connectivity index (χ3n) is 2.93. The topological polar surface area (TPSA) is 83.7 Å². The normalized spacial score (nSPS) is 12.2. The number of carboxylic acid groups (broad SMARTS) is 1. The summed E-state index contributed by atoms with van der Waals surface area (Å²) >= 11 is 0. The Hall–Kier alpha value is -2.37. The number of fused-ring (bicyclic) bond motifs is 1. The summed E-state index contributed by atoms with van der Waals surface area (Å²) in [6.45, 7) is 2.15. The Morgan fingerprint density at radius 1 is 1.45 bits per heavy atom. The van der Waals surface area contributed by atoms with Crippen molar-refractivity contribution in [3.05, 3.63) is 36.3 Å². The first-order valence-electron chi connectivity index (χ1n) is 6.45. The van der Waals surface area contributed by atoms with Crippen LogP contribution >= 0.6 is 0 Å². The van der Waals surface area contributed by atoms with E-state index in [0.29, 0.717) is 12.2 Å². The van der Waals surface area contributed by atoms with Crippen LogP contribution < -0.4 is 5.32 Å². The fourth-order valence-corrected chi connectivity index (χ4v) is 1.96. The van der Waals surface area contributed by atoms with E-state index in [9.17, 15) is 9.59 Å². The largest absolute Gasteiger partial charge is 0.481 e. The molecule has 0 bridgehead atoms. The number of rotatable bonds is 6. The molecular formula is C14H17N3O3. The minimum Gasteiger partial charge on any atom is -0.481 e. The molecule has 2 heterocycles. The molecule has 6 heteroatoms. The monoisotopic (exact) mass is 275 g/mol. The summed E-state index contributed by atoms with van der Waals surface area (Å²) in [5.41, 5.74) is 1.49. The number of carboxylic acids is 1. The van der Waals surface area contributed by atoms with Crippen LogP contribution in [0.2, 0.25) is 0 Å². The predicted octanol–water partition coefficient (Wildman–Crippen LogP) is 1.10. The summed E-state index contributed by atoms with van der Waals surface area (Å²) in [5, 5.41) is 11.4. The molecule has 20 heavy (non-hydrogen) atoms. The maximum atomic E-state index is 11.8. The maximum Gasteiger partial charge on any atom is 0.303 e. The van der Waals surface area contributed by atoms with Gasteiger partial charge >= 0.3 is 5.97 Å². The van der Waals surface area contributed by atoms with Gasteiger partial charge in [0.2, 0.25) is 5.91 Å². The Balaban J connectivity index is 1.86. The summed E-state index contributed by atoms with van der Waals surface area (Å²) in [5.74, 6) is -1.09. The first-order valence-corrected chi connectivity index (χ1v) is 6.45. The van der Waals surface area contributed by atoms with E-state index in [0.717, 1.165) is 5.65 Å². The smallest absolute Gasteiger partial charge is 0.303 e. The molecule has 1 unspecified atom stereocenters. The molecule has 0 aliphatic heterocycles. The van der Waals surface area contributed by atoms with Crippen LogP contribution in [0.5, 0.6) is 0 Å². The highest BCUT2D eigenvalue weighted by molar-refractivity contribution is 5.78. The summed E-state index contributed by atoms with van der Waals surface area (Å²) < 4.78 is 1.86. The number of amides is 1. The Labute approximate surface area is 116 Å². The quantitative estimate of drug-likeness (QED) is 0.827. The molecule has 2 rings (SSSR count). The van der Waals surface area contributed by atoms with Crippen molar-refractivity contribution in [2.24, 2.45) is 5.92 Å². The molecule has 2 aromatic rings. The van der Waals surface area contributed by atoms with Crippen molar-refractivity contribution < 1.29 is 14.7 Å². The number of aliphatic carboxylic acids is 1. The molecule has 2 aromatic heterocycles. The van der Waals surface area contributed by atoms with Crippen LogP contribution in [0.25, 0.3) is 5.65 Å². The molecule has 0 aliphatic carbocycles. The van der Waals surface area contributed by atoms with Crippen LogP contribution in [0.1, 0.15) is 19.0 Å². The average molecular weight is 275 g/mol. The van der Waals surface area contributed by atoms with Crippen LogP contribution in [0.15, 0.2) is 30.6 Å². The lowest BCUT2D eigenvalue weighted by Crippen LogP contribution is -2.30. The second-order valence-electron chi connectivity index (χ2n) is 4.88. The zero-order chi connectivity index (χ0) is 14.5. The molecule has 106 valence electrons. The Morgan fingerprint density at radius 2 is 2.25 bits per heavy atom. The van der Waals surface area contributed by atoms with Crippen molar-refractivity contribution in [3.63, 3.8) is 0 Å². The lowest BCUT2D eigenvalue weighted by atomic mass is 10.1. The molecule has 1 amide bonds. The maximum absolute atomic E-state index is 11.8. The molecule has 2 N–H and O–H groups in total. The van der Waals surface area contributed by atoms with E-state index in [1.54, 1.807) is 6.92 Å². The van der Waals surface area contributed by atoms with Crippen molar-refractivity contribution >= 4 is 17.5 Å². The van der Waals surface area contributed by atoms with Gasteiger partial charge in [-0.25, -0.2) is 4.98 Å². The first-order chi connectivity index (χ1) is 9.54. The number of carbonyl (C=O) groups excluding carboxylic acids is 1. The molecule has 0 saturated heterocycles. The highest BCUT2D eigenvalue weighted by Gasteiger charge is 2.11. The highest BCUT2D eigenvalue weighted by Crippen LogP contribution is 2.05. The molecular weight excluding hydrogens is 258 g/mol. The van der Waals surface area contributed by atoms with Gasteiger partial charge in [0.1, 0.15) is 5.65 Å². The minimum absolute atomic E-state index is 0.0502. The van der Waals surface area contributed by atoms with Crippen LogP contribution in [-0.4, -0.2) is 32.9 Å². The van der Waals surface area contributed by atoms with Crippen molar-refractivity contribution in [1.82, 2.24) is 14.7 Å². The number of pyridine rings is 1. The van der Waals surface area contributed by atoms with E-state index in [1.807, 2.05) is 35.0 Å². The number of hydrogen-bond acceptors (Lipinski definition) is 3. The van der Waals surface area contributed by atoms with Gasteiger partial charge < -0.3 is 14.8 Å². The Bertz CT molecular complexity index is 588. The van der Waals surface area contributed by atoms with Crippen molar-refractivity contribution in [1.29, 1.82) is 0 Å². The van der Waals surface area contributed by atoms with Gasteiger partial charge in [-0.05, 0) is 18.1 Å². The first kappa shape index (κ1) is 14.0. The van der Waals surface area contributed by atoms with E-state index in [2.05, 4.69) is 10.3 Å². The molecule has 6 nitrogen and oxygen atoms in total. The lowest BCUT2D eigenvalue weighted by molar-refractivity contribution is -0.138. The van der Waals surface area contributed by atoms with E-state index < -0.39 is 5.97 Å². The number of nitrogens with one attached hydrogen (secondary N) is 1. The van der Waals surface area contributed by atoms with Crippen molar-refractivity contribution in [3.8, 4) is 0 Å². The van der Waals surface area contributed by atoms with Crippen molar-refractivity contribution in [2.75, 3.05) is 6.54 Å². The highest BCUT2D eigenvalue weighted by atomic mass is 16.4. The van der Waals surface area contributed by atoms with E-state index in [-0.39, 0.29) is 24.7 Å². The molecule has 0 saturated carbocycles. The van der Waals surface area contributed by atoms with Gasteiger partial charge in [-0.1, -0.05) is 13.0 Å². The Morgan fingerprint density at radius 3 is 2.95 bits per heavy atom. The fourth-order valence-electron chi connectivity index (χ4n) is 1.96. The van der Waals surface area contributed by atoms with Crippen LogP contribution in [0.3, 0.4) is 0 Å². The number of hydrogen-bond donors (Lipinski definition) is 2. The van der Waals surface area contributed by atoms with Crippen molar-refractivity contribution in [2.45, 2.75) is 19.8 Å². The van der Waals surface area contributed by atoms with E-state index >= 15 is 0 Å². The predicted molar refractivity (Wildman–Crippen MR) is 73.3 cm³/mol. The van der Waals surface area contributed by atoms with E-state index in [4.69, 9.17) is 5.11 Å². The minimum atomic E-state index is -0.855. The number of imidazole rings is 1. The van der Waals surface area contributed by atoms with Gasteiger partial charge in [0.25, 0.3) is 0 Å². The van der Waals surface area contributed by atoms with Gasteiger partial charge in [-0.3, -0.25) is 9.59 Å². The second-order valence-corrected chi connectivity index (χ2v) is 4.88. The second kappa shape index (κ2) is 6.18. The zero-order valence-electron chi connectivity index (χ0n) is 11.2. The molecule has 0 radical (unpaired) electrons. The average Bonchev–Trinajstić information content (AvgIpc) is 2.77. The molecule has 0 fully saturated rings. The third kappa shape index (κ3) is 3.81. The Kier molecular flexibility index (Phi) is 4.34. The van der Waals surface area contributed by atoms with Crippen LogP contribution in [-0.2, 0) is 16.0 Å². The SMILES string of the molecule is CC(CNC(=O)Cc1cn2ccccc2n1)CC(=O)O. The van der Waals surface area contributed by atoms with E-state index in [1.165, 1.54) is 0 Å². The van der Waals surface area contributed by atoms with Gasteiger partial charge in [0.05, 0.1) is 12.1 Å². The van der Waals surface area contributed by atoms with Crippen LogP contribution in [0, 0.1) is 5.92 Å². The van der Waals surface area contributed by atoms with Gasteiger partial charge in [0, 0.05) is 25.4 Å². The molecule has 1 atom stereocenters. The lowest BCUT2D eigenvalue weighted by Gasteiger charge is -2.09. The molecule has 0 spiro atoms. The third-order valence-corrected chi connectivity index (χ3v) is 2.93. The van der Waals surface area contributed by atoms with Gasteiger partial charge in [-0.15, -0.1) is 0 Å². The summed E-state index contributed by atoms with van der Waals surface area (Å²) in [7, 11) is 0. The number of aromatic nitrogens is 2. The standard InChI is InChI=1S/C14H17N3O3/c1-10(6-14(19)20)8-15-13(18)7-11-9-17-5-3-2-4-12(17)16-11/h2-5,9-10H,6-8H2,1H3,(H,15,18)(H,19,20). The van der Waals surface area contributed by atoms with Gasteiger partial charge in [-0.2, -0.15) is 0 Å². The fraction of sp³-hybridized carbons (Fsp3) is 0.357. The zero-order valence-corrected chi connectivity index (χ0v) is 11.2. The number of nitrogens with zero attached hydrogens (tertiary/aromatic N) is 2. The summed E-state index contributed by atoms with van der Waals surface area (Å²) in [6.07, 6.45) is 3.93. The summed E-state index contributed by atoms with van der Waals surface area (Å²) in [6, 6.07) is 5.65. The van der Waals surface area contributed by atoms with Crippen LogP contribution in [0.4, 0.5) is 0 Å². The summed E-state index contributed by atoms with van der Waals surface area (Å²) in [4.78, 5) is 26.6. The van der Waals surface area contributed by atoms with Gasteiger partial charge in [0.15, 0.2) is 0 Å². The molecule has 0 aromatic carbocycles.